The molecular formula is C21H30N2O2. The first-order valence-corrected chi connectivity index (χ1v) is 9.60. The van der Waals surface area contributed by atoms with Crippen LogP contribution in [-0.4, -0.2) is 29.3 Å². The predicted octanol–water partition coefficient (Wildman–Crippen LogP) is 3.51. The van der Waals surface area contributed by atoms with Gasteiger partial charge in [0, 0.05) is 37.4 Å². The lowest BCUT2D eigenvalue weighted by Crippen LogP contribution is -2.55. The standard InChI is InChI=1S/C21H30N2O2/c1-16(2)13-19(24)22-15-21-11-6-9-18(21)23(20(25)10-12-21)14-17-7-4-3-5-8-17/h3-5,7-8,16,18H,6,9-15H2,1-2H3,(H,22,24)/t18-,21+/m1/s1. The van der Waals surface area contributed by atoms with Gasteiger partial charge >= 0.3 is 0 Å². The molecule has 1 aliphatic heterocycles. The lowest BCUT2D eigenvalue weighted by Gasteiger charge is -2.46. The fourth-order valence-corrected chi connectivity index (χ4v) is 4.56. The van der Waals surface area contributed by atoms with Crippen LogP contribution in [0.2, 0.25) is 0 Å². The van der Waals surface area contributed by atoms with E-state index in [1.165, 1.54) is 5.56 Å². The van der Waals surface area contributed by atoms with Gasteiger partial charge in [0.05, 0.1) is 0 Å². The highest BCUT2D eigenvalue weighted by atomic mass is 16.2. The van der Waals surface area contributed by atoms with Gasteiger partial charge in [0.25, 0.3) is 0 Å². The molecule has 1 aromatic rings. The Balaban J connectivity index is 1.71. The SMILES string of the molecule is CC(C)CC(=O)NC[C@@]12CCC[C@H]1N(Cc1ccccc1)C(=O)CC2. The van der Waals surface area contributed by atoms with E-state index in [1.54, 1.807) is 0 Å². The molecule has 1 aromatic carbocycles. The number of fused-ring (bicyclic) bond motifs is 1. The molecule has 1 saturated heterocycles. The van der Waals surface area contributed by atoms with Crippen molar-refractivity contribution in [2.24, 2.45) is 11.3 Å². The summed E-state index contributed by atoms with van der Waals surface area (Å²) in [4.78, 5) is 26.8. The predicted molar refractivity (Wildman–Crippen MR) is 98.8 cm³/mol. The van der Waals surface area contributed by atoms with E-state index in [9.17, 15) is 9.59 Å². The van der Waals surface area contributed by atoms with Gasteiger partial charge in [0.2, 0.25) is 11.8 Å². The third kappa shape index (κ3) is 4.05. The Bertz CT molecular complexity index is 614. The molecule has 2 amide bonds. The van der Waals surface area contributed by atoms with Crippen LogP contribution < -0.4 is 5.32 Å². The summed E-state index contributed by atoms with van der Waals surface area (Å²) >= 11 is 0. The van der Waals surface area contributed by atoms with Crippen molar-refractivity contribution < 1.29 is 9.59 Å². The third-order valence-corrected chi connectivity index (χ3v) is 5.82. The Hall–Kier alpha value is -1.84. The van der Waals surface area contributed by atoms with Gasteiger partial charge in [-0.3, -0.25) is 9.59 Å². The summed E-state index contributed by atoms with van der Waals surface area (Å²) < 4.78 is 0. The van der Waals surface area contributed by atoms with Crippen LogP contribution >= 0.6 is 0 Å². The van der Waals surface area contributed by atoms with Gasteiger partial charge in [-0.1, -0.05) is 50.6 Å². The van der Waals surface area contributed by atoms with Crippen molar-refractivity contribution in [2.75, 3.05) is 6.54 Å². The zero-order valence-electron chi connectivity index (χ0n) is 15.5. The van der Waals surface area contributed by atoms with E-state index in [0.29, 0.717) is 31.8 Å². The van der Waals surface area contributed by atoms with Gasteiger partial charge in [0.1, 0.15) is 0 Å². The van der Waals surface area contributed by atoms with Crippen LogP contribution in [-0.2, 0) is 16.1 Å². The van der Waals surface area contributed by atoms with Gasteiger partial charge in [-0.25, -0.2) is 0 Å². The molecule has 1 heterocycles. The van der Waals surface area contributed by atoms with Crippen molar-refractivity contribution in [1.82, 2.24) is 10.2 Å². The summed E-state index contributed by atoms with van der Waals surface area (Å²) in [6.07, 6.45) is 5.39. The first kappa shape index (κ1) is 18.0. The van der Waals surface area contributed by atoms with Crippen molar-refractivity contribution in [2.45, 2.75) is 65.0 Å². The molecule has 2 fully saturated rings. The number of hydrogen-bond acceptors (Lipinski definition) is 2. The maximum absolute atomic E-state index is 12.6. The van der Waals surface area contributed by atoms with Gasteiger partial charge in [-0.2, -0.15) is 0 Å². The Morgan fingerprint density at radius 1 is 1.28 bits per heavy atom. The molecule has 1 saturated carbocycles. The largest absolute Gasteiger partial charge is 0.355 e. The minimum absolute atomic E-state index is 0.0648. The molecule has 1 aliphatic carbocycles. The molecule has 0 bridgehead atoms. The molecule has 4 nitrogen and oxygen atoms in total. The first-order chi connectivity index (χ1) is 12.0. The van der Waals surface area contributed by atoms with E-state index in [0.717, 1.165) is 25.7 Å². The monoisotopic (exact) mass is 342 g/mol. The van der Waals surface area contributed by atoms with E-state index in [1.807, 2.05) is 18.2 Å². The normalized spacial score (nSPS) is 26.0. The van der Waals surface area contributed by atoms with E-state index < -0.39 is 0 Å². The lowest BCUT2D eigenvalue weighted by molar-refractivity contribution is -0.142. The molecule has 25 heavy (non-hydrogen) atoms. The molecule has 2 aliphatic rings. The van der Waals surface area contributed by atoms with Gasteiger partial charge in [-0.05, 0) is 30.7 Å². The van der Waals surface area contributed by atoms with Crippen LogP contribution in [0.25, 0.3) is 0 Å². The highest BCUT2D eigenvalue weighted by Crippen LogP contribution is 2.48. The smallest absolute Gasteiger partial charge is 0.223 e. The molecule has 2 atom stereocenters. The zero-order chi connectivity index (χ0) is 17.9. The minimum atomic E-state index is 0.0648. The molecule has 0 unspecified atom stereocenters. The van der Waals surface area contributed by atoms with Crippen molar-refractivity contribution in [3.63, 3.8) is 0 Å². The highest BCUT2D eigenvalue weighted by molar-refractivity contribution is 5.78. The number of piperidine rings is 1. The summed E-state index contributed by atoms with van der Waals surface area (Å²) in [7, 11) is 0. The van der Waals surface area contributed by atoms with Crippen molar-refractivity contribution in [3.05, 3.63) is 35.9 Å². The number of benzene rings is 1. The van der Waals surface area contributed by atoms with E-state index in [4.69, 9.17) is 0 Å². The second kappa shape index (κ2) is 7.59. The Kier molecular flexibility index (Phi) is 5.45. The van der Waals surface area contributed by atoms with Gasteiger partial charge < -0.3 is 10.2 Å². The third-order valence-electron chi connectivity index (χ3n) is 5.82. The van der Waals surface area contributed by atoms with Crippen LogP contribution in [0.1, 0.15) is 57.9 Å². The van der Waals surface area contributed by atoms with Crippen LogP contribution in [0.4, 0.5) is 0 Å². The van der Waals surface area contributed by atoms with Crippen LogP contribution in [0, 0.1) is 11.3 Å². The first-order valence-electron chi connectivity index (χ1n) is 9.60. The quantitative estimate of drug-likeness (QED) is 0.860. The second-order valence-electron chi connectivity index (χ2n) is 8.15. The van der Waals surface area contributed by atoms with E-state index >= 15 is 0 Å². The maximum Gasteiger partial charge on any atom is 0.223 e. The fourth-order valence-electron chi connectivity index (χ4n) is 4.56. The molecule has 0 spiro atoms. The highest BCUT2D eigenvalue weighted by Gasteiger charge is 2.50. The number of nitrogens with zero attached hydrogens (tertiary/aromatic N) is 1. The molecule has 3 rings (SSSR count). The topological polar surface area (TPSA) is 49.4 Å². The lowest BCUT2D eigenvalue weighted by atomic mass is 9.74. The fraction of sp³-hybridized carbons (Fsp3) is 0.619. The van der Waals surface area contributed by atoms with E-state index in [-0.39, 0.29) is 23.3 Å². The Morgan fingerprint density at radius 3 is 2.76 bits per heavy atom. The number of nitrogens with one attached hydrogen (secondary N) is 1. The molecule has 1 N–H and O–H groups in total. The number of carbonyl (C=O) groups excluding carboxylic acids is 2. The van der Waals surface area contributed by atoms with Gasteiger partial charge in [0.15, 0.2) is 0 Å². The number of hydrogen-bond donors (Lipinski definition) is 1. The van der Waals surface area contributed by atoms with E-state index in [2.05, 4.69) is 36.2 Å². The summed E-state index contributed by atoms with van der Waals surface area (Å²) in [5, 5.41) is 3.17. The Morgan fingerprint density at radius 2 is 2.04 bits per heavy atom. The number of likely N-dealkylation sites (tertiary alicyclic amines) is 1. The number of amides is 2. The summed E-state index contributed by atoms with van der Waals surface area (Å²) in [6.45, 7) is 5.53. The average Bonchev–Trinajstić information content (AvgIpc) is 3.01. The number of carbonyl (C=O) groups is 2. The van der Waals surface area contributed by atoms with Crippen molar-refractivity contribution in [3.8, 4) is 0 Å². The van der Waals surface area contributed by atoms with Crippen LogP contribution in [0.3, 0.4) is 0 Å². The molecular weight excluding hydrogens is 312 g/mol. The Labute approximate surface area is 151 Å². The summed E-state index contributed by atoms with van der Waals surface area (Å²) in [6, 6.07) is 10.5. The minimum Gasteiger partial charge on any atom is -0.355 e. The molecule has 4 heteroatoms. The van der Waals surface area contributed by atoms with Crippen molar-refractivity contribution >= 4 is 11.8 Å². The van der Waals surface area contributed by atoms with Crippen LogP contribution in [0.5, 0.6) is 0 Å². The molecule has 0 aromatic heterocycles. The summed E-state index contributed by atoms with van der Waals surface area (Å²) in [5.74, 6) is 0.779. The van der Waals surface area contributed by atoms with Gasteiger partial charge in [-0.15, -0.1) is 0 Å². The molecule has 0 radical (unpaired) electrons. The zero-order valence-corrected chi connectivity index (χ0v) is 15.5. The van der Waals surface area contributed by atoms with Crippen LogP contribution in [0.15, 0.2) is 30.3 Å². The molecule has 136 valence electrons. The summed E-state index contributed by atoms with van der Waals surface area (Å²) in [5.41, 5.74) is 1.25. The van der Waals surface area contributed by atoms with Crippen molar-refractivity contribution in [1.29, 1.82) is 0 Å². The number of rotatable bonds is 6. The maximum atomic E-state index is 12.6. The second-order valence-corrected chi connectivity index (χ2v) is 8.15. The average molecular weight is 342 g/mol.